The first-order valence-electron chi connectivity index (χ1n) is 9.91. The Labute approximate surface area is 188 Å². The fourth-order valence-electron chi connectivity index (χ4n) is 2.82. The maximum Gasteiger partial charge on any atom is 0.322 e. The van der Waals surface area contributed by atoms with Crippen LogP contribution < -0.4 is 21.7 Å². The molecule has 3 amide bonds. The molecule has 0 aliphatic heterocycles. The lowest BCUT2D eigenvalue weighted by Crippen LogP contribution is -2.57. The van der Waals surface area contributed by atoms with Gasteiger partial charge in [-0.3, -0.25) is 19.2 Å². The number of nitrogens with two attached hydrogens (primary N) is 1. The number of phenolic OH excluding ortho intramolecular Hbond substituents is 1. The first-order chi connectivity index (χ1) is 15.7. The zero-order chi connectivity index (χ0) is 24.4. The van der Waals surface area contributed by atoms with Crippen molar-refractivity contribution in [1.29, 1.82) is 0 Å². The van der Waals surface area contributed by atoms with Crippen LogP contribution in [0, 0.1) is 0 Å². The average Bonchev–Trinajstić information content (AvgIpc) is 3.30. The highest BCUT2D eigenvalue weighted by molar-refractivity contribution is 5.94. The summed E-state index contributed by atoms with van der Waals surface area (Å²) in [6.07, 6.45) is 2.80. The maximum absolute atomic E-state index is 13.0. The number of carboxylic acids is 1. The molecule has 1 aromatic carbocycles. The third-order valence-electron chi connectivity index (χ3n) is 4.57. The van der Waals surface area contributed by atoms with Gasteiger partial charge in [0.15, 0.2) is 0 Å². The van der Waals surface area contributed by atoms with Crippen LogP contribution in [0.3, 0.4) is 0 Å². The maximum atomic E-state index is 13.0. The van der Waals surface area contributed by atoms with Gasteiger partial charge in [-0.1, -0.05) is 12.1 Å². The van der Waals surface area contributed by atoms with Crippen LogP contribution in [0.1, 0.15) is 11.3 Å². The number of aliphatic hydroxyl groups is 1. The molecule has 13 heteroatoms. The summed E-state index contributed by atoms with van der Waals surface area (Å²) in [4.78, 5) is 55.2. The molecule has 0 saturated heterocycles. The Bertz CT molecular complexity index is 948. The van der Waals surface area contributed by atoms with Crippen LogP contribution in [0.2, 0.25) is 0 Å². The number of aromatic hydroxyl groups is 1. The van der Waals surface area contributed by atoms with Gasteiger partial charge in [0.1, 0.15) is 30.4 Å². The number of hydrogen-bond donors (Lipinski definition) is 8. The van der Waals surface area contributed by atoms with Gasteiger partial charge in [-0.05, 0) is 17.7 Å². The lowest BCUT2D eigenvalue weighted by atomic mass is 10.0. The lowest BCUT2D eigenvalue weighted by Gasteiger charge is -2.24. The molecule has 2 aromatic rings. The summed E-state index contributed by atoms with van der Waals surface area (Å²) < 4.78 is 0. The molecule has 0 aliphatic carbocycles. The molecule has 9 N–H and O–H groups in total. The normalized spacial score (nSPS) is 13.4. The number of carbonyl (C=O) groups excluding carboxylic acids is 3. The average molecular weight is 462 g/mol. The lowest BCUT2D eigenvalue weighted by molar-refractivity contribution is -0.138. The molecule has 0 radical (unpaired) electrons. The fraction of sp³-hybridized carbons (Fsp3) is 0.350. The number of nitrogens with zero attached hydrogens (tertiary/aromatic N) is 1. The number of amides is 3. The number of hydrogen-bond acceptors (Lipinski definition) is 8. The van der Waals surface area contributed by atoms with Gasteiger partial charge in [-0.25, -0.2) is 4.98 Å². The monoisotopic (exact) mass is 462 g/mol. The zero-order valence-electron chi connectivity index (χ0n) is 17.5. The number of aromatic nitrogens is 2. The zero-order valence-corrected chi connectivity index (χ0v) is 17.5. The van der Waals surface area contributed by atoms with E-state index in [4.69, 9.17) is 15.9 Å². The minimum Gasteiger partial charge on any atom is -0.508 e. The van der Waals surface area contributed by atoms with E-state index >= 15 is 0 Å². The van der Waals surface area contributed by atoms with Gasteiger partial charge in [0.05, 0.1) is 12.9 Å². The molecule has 3 unspecified atom stereocenters. The van der Waals surface area contributed by atoms with Crippen LogP contribution in [0.25, 0.3) is 0 Å². The number of aliphatic carboxylic acids is 1. The molecule has 1 heterocycles. The van der Waals surface area contributed by atoms with Crippen molar-refractivity contribution in [3.05, 3.63) is 48.0 Å². The van der Waals surface area contributed by atoms with Crippen molar-refractivity contribution in [2.45, 2.75) is 31.0 Å². The molecule has 3 atom stereocenters. The number of carbonyl (C=O) groups is 4. The summed E-state index contributed by atoms with van der Waals surface area (Å²) in [7, 11) is 0. The summed E-state index contributed by atoms with van der Waals surface area (Å²) >= 11 is 0. The van der Waals surface area contributed by atoms with Crippen LogP contribution in [0.5, 0.6) is 5.75 Å². The molecule has 0 spiro atoms. The largest absolute Gasteiger partial charge is 0.508 e. The molecule has 13 nitrogen and oxygen atoms in total. The van der Waals surface area contributed by atoms with E-state index in [1.165, 1.54) is 24.7 Å². The van der Waals surface area contributed by atoms with Crippen molar-refractivity contribution in [3.8, 4) is 5.75 Å². The van der Waals surface area contributed by atoms with E-state index in [0.717, 1.165) is 0 Å². The number of carboxylic acid groups (broad SMARTS) is 1. The Hall–Kier alpha value is -3.97. The first kappa shape index (κ1) is 25.3. The topological polar surface area (TPSA) is 220 Å². The number of benzene rings is 1. The van der Waals surface area contributed by atoms with Crippen LogP contribution in [-0.4, -0.2) is 80.3 Å². The second-order valence-electron chi connectivity index (χ2n) is 7.17. The van der Waals surface area contributed by atoms with Crippen molar-refractivity contribution >= 4 is 23.7 Å². The third-order valence-corrected chi connectivity index (χ3v) is 4.57. The minimum absolute atomic E-state index is 0.0104. The predicted molar refractivity (Wildman–Crippen MR) is 114 cm³/mol. The van der Waals surface area contributed by atoms with E-state index in [-0.39, 0.29) is 18.6 Å². The molecule has 1 aromatic heterocycles. The Kier molecular flexibility index (Phi) is 9.32. The van der Waals surface area contributed by atoms with Gasteiger partial charge in [0.2, 0.25) is 17.7 Å². The van der Waals surface area contributed by atoms with Crippen molar-refractivity contribution in [3.63, 3.8) is 0 Å². The summed E-state index contributed by atoms with van der Waals surface area (Å²) in [5.74, 6) is -3.51. The molecule has 33 heavy (non-hydrogen) atoms. The summed E-state index contributed by atoms with van der Waals surface area (Å²) in [5.41, 5.74) is 6.62. The highest BCUT2D eigenvalue weighted by atomic mass is 16.4. The number of H-pyrrole nitrogens is 1. The number of aliphatic hydroxyl groups excluding tert-OH is 1. The number of rotatable bonds is 12. The van der Waals surface area contributed by atoms with Gasteiger partial charge in [-0.15, -0.1) is 0 Å². The molecule has 2 rings (SSSR count). The van der Waals surface area contributed by atoms with E-state index < -0.39 is 55.0 Å². The standard InChI is InChI=1S/C20H26N6O7/c21-14(9-27)18(31)25-15(5-11-1-3-13(28)4-2-11)20(33)26-16(6-12-7-22-10-24-12)19(32)23-8-17(29)30/h1-4,7,10,14-16,27-28H,5-6,8-9,21H2,(H,22,24)(H,23,32)(H,25,31)(H,26,33)(H,29,30). The highest BCUT2D eigenvalue weighted by Gasteiger charge is 2.29. The predicted octanol–water partition coefficient (Wildman–Crippen LogP) is -2.61. The van der Waals surface area contributed by atoms with Gasteiger partial charge >= 0.3 is 5.97 Å². The SMILES string of the molecule is NC(CO)C(=O)NC(Cc1ccc(O)cc1)C(=O)NC(Cc1cnc[nH]1)C(=O)NCC(=O)O. The fourth-order valence-corrected chi connectivity index (χ4v) is 2.82. The second-order valence-corrected chi connectivity index (χ2v) is 7.17. The quantitative estimate of drug-likeness (QED) is 0.165. The van der Waals surface area contributed by atoms with Crippen LogP contribution in [-0.2, 0) is 32.0 Å². The molecular weight excluding hydrogens is 436 g/mol. The highest BCUT2D eigenvalue weighted by Crippen LogP contribution is 2.12. The van der Waals surface area contributed by atoms with E-state index in [0.29, 0.717) is 11.3 Å². The first-order valence-corrected chi connectivity index (χ1v) is 9.91. The summed E-state index contributed by atoms with van der Waals surface area (Å²) in [6.45, 7) is -1.29. The Morgan fingerprint density at radius 1 is 1.00 bits per heavy atom. The number of imidazole rings is 1. The third kappa shape index (κ3) is 8.23. The second kappa shape index (κ2) is 12.2. The Morgan fingerprint density at radius 2 is 1.64 bits per heavy atom. The van der Waals surface area contributed by atoms with Gasteiger partial charge in [0, 0.05) is 24.7 Å². The molecular formula is C20H26N6O7. The van der Waals surface area contributed by atoms with Crippen molar-refractivity contribution < 1.29 is 34.5 Å². The Balaban J connectivity index is 2.21. The number of aromatic amines is 1. The van der Waals surface area contributed by atoms with Gasteiger partial charge in [0.25, 0.3) is 0 Å². The van der Waals surface area contributed by atoms with Crippen LogP contribution in [0.4, 0.5) is 0 Å². The van der Waals surface area contributed by atoms with Crippen molar-refractivity contribution in [1.82, 2.24) is 25.9 Å². The van der Waals surface area contributed by atoms with Crippen molar-refractivity contribution in [2.24, 2.45) is 5.73 Å². The van der Waals surface area contributed by atoms with E-state index in [9.17, 15) is 24.3 Å². The molecule has 178 valence electrons. The number of phenols is 1. The smallest absolute Gasteiger partial charge is 0.322 e. The molecule has 0 fully saturated rings. The minimum atomic E-state index is -1.26. The van der Waals surface area contributed by atoms with Crippen molar-refractivity contribution in [2.75, 3.05) is 13.2 Å². The van der Waals surface area contributed by atoms with Crippen LogP contribution >= 0.6 is 0 Å². The summed E-state index contributed by atoms with van der Waals surface area (Å²) in [6, 6.07) is 2.29. The van der Waals surface area contributed by atoms with E-state index in [1.54, 1.807) is 12.1 Å². The molecule has 0 bridgehead atoms. The van der Waals surface area contributed by atoms with E-state index in [1.807, 2.05) is 0 Å². The molecule has 0 saturated carbocycles. The van der Waals surface area contributed by atoms with Gasteiger partial charge < -0.3 is 42.0 Å². The number of nitrogens with one attached hydrogen (secondary N) is 4. The van der Waals surface area contributed by atoms with Gasteiger partial charge in [-0.2, -0.15) is 0 Å². The summed E-state index contributed by atoms with van der Waals surface area (Å²) in [5, 5.41) is 34.5. The van der Waals surface area contributed by atoms with Crippen LogP contribution in [0.15, 0.2) is 36.8 Å². The Morgan fingerprint density at radius 3 is 2.21 bits per heavy atom. The molecule has 0 aliphatic rings. The van der Waals surface area contributed by atoms with E-state index in [2.05, 4.69) is 25.9 Å².